The molecule has 0 saturated carbocycles. The van der Waals surface area contributed by atoms with E-state index in [1.54, 1.807) is 0 Å². The average Bonchev–Trinajstić information content (AvgIpc) is 2.29. The van der Waals surface area contributed by atoms with Gasteiger partial charge in [0.25, 0.3) is 0 Å². The van der Waals surface area contributed by atoms with Gasteiger partial charge < -0.3 is 10.6 Å². The highest BCUT2D eigenvalue weighted by molar-refractivity contribution is 5.41. The van der Waals surface area contributed by atoms with E-state index < -0.39 is 0 Å². The number of nitrogens with zero attached hydrogens (tertiary/aromatic N) is 2. The number of rotatable bonds is 2. The minimum absolute atomic E-state index is 0.596. The molecule has 0 radical (unpaired) electrons. The van der Waals surface area contributed by atoms with Crippen LogP contribution in [-0.4, -0.2) is 18.1 Å². The Morgan fingerprint density at radius 1 is 1.60 bits per heavy atom. The molecule has 3 nitrogen and oxygen atoms in total. The number of pyridine rings is 1. The summed E-state index contributed by atoms with van der Waals surface area (Å²) < 4.78 is 0. The molecule has 1 aromatic heterocycles. The minimum Gasteiger partial charge on any atom is -0.356 e. The highest BCUT2D eigenvalue weighted by atomic mass is 15.2. The van der Waals surface area contributed by atoms with Gasteiger partial charge in [0, 0.05) is 25.8 Å². The molecule has 1 aliphatic heterocycles. The summed E-state index contributed by atoms with van der Waals surface area (Å²) in [6, 6.07) is 4.09. The van der Waals surface area contributed by atoms with E-state index in [4.69, 9.17) is 5.73 Å². The molecule has 0 unspecified atom stereocenters. The largest absolute Gasteiger partial charge is 0.356 e. The molecule has 1 aromatic rings. The molecule has 1 saturated heterocycles. The first-order chi connectivity index (χ1) is 7.29. The molecular weight excluding hydrogens is 186 g/mol. The summed E-state index contributed by atoms with van der Waals surface area (Å²) in [5.41, 5.74) is 6.79. The van der Waals surface area contributed by atoms with Crippen LogP contribution in [-0.2, 0) is 6.54 Å². The molecule has 2 rings (SSSR count). The Kier molecular flexibility index (Phi) is 3.21. The van der Waals surface area contributed by atoms with E-state index in [9.17, 15) is 0 Å². The number of hydrogen-bond acceptors (Lipinski definition) is 3. The summed E-state index contributed by atoms with van der Waals surface area (Å²) in [4.78, 5) is 6.78. The van der Waals surface area contributed by atoms with Crippen molar-refractivity contribution in [2.24, 2.45) is 11.7 Å². The zero-order chi connectivity index (χ0) is 10.7. The third-order valence-corrected chi connectivity index (χ3v) is 3.03. The van der Waals surface area contributed by atoms with E-state index in [-0.39, 0.29) is 0 Å². The van der Waals surface area contributed by atoms with Crippen LogP contribution >= 0.6 is 0 Å². The average molecular weight is 205 g/mol. The SMILES string of the molecule is C[C@H]1CCCN(c2cc(CN)ccn2)C1. The fraction of sp³-hybridized carbons (Fsp3) is 0.583. The van der Waals surface area contributed by atoms with Crippen LogP contribution in [0.2, 0.25) is 0 Å². The smallest absolute Gasteiger partial charge is 0.128 e. The predicted octanol–water partition coefficient (Wildman–Crippen LogP) is 1.78. The van der Waals surface area contributed by atoms with Crippen LogP contribution in [0.5, 0.6) is 0 Å². The van der Waals surface area contributed by atoms with Crippen molar-refractivity contribution in [1.82, 2.24) is 4.98 Å². The number of aromatic nitrogens is 1. The third kappa shape index (κ3) is 2.48. The summed E-state index contributed by atoms with van der Waals surface area (Å²) in [6.45, 7) is 5.16. The Morgan fingerprint density at radius 2 is 2.47 bits per heavy atom. The van der Waals surface area contributed by atoms with E-state index >= 15 is 0 Å². The molecule has 2 N–H and O–H groups in total. The second kappa shape index (κ2) is 4.62. The van der Waals surface area contributed by atoms with Gasteiger partial charge in [0.2, 0.25) is 0 Å². The maximum absolute atomic E-state index is 5.63. The predicted molar refractivity (Wildman–Crippen MR) is 62.7 cm³/mol. The molecule has 0 aliphatic carbocycles. The zero-order valence-electron chi connectivity index (χ0n) is 9.32. The lowest BCUT2D eigenvalue weighted by Crippen LogP contribution is -2.34. The quantitative estimate of drug-likeness (QED) is 0.800. The summed E-state index contributed by atoms with van der Waals surface area (Å²) in [6.07, 6.45) is 4.47. The summed E-state index contributed by atoms with van der Waals surface area (Å²) in [5.74, 6) is 1.87. The van der Waals surface area contributed by atoms with Gasteiger partial charge in [0.1, 0.15) is 5.82 Å². The van der Waals surface area contributed by atoms with Crippen molar-refractivity contribution in [1.29, 1.82) is 0 Å². The Balaban J connectivity index is 2.13. The highest BCUT2D eigenvalue weighted by Gasteiger charge is 2.17. The van der Waals surface area contributed by atoms with E-state index in [2.05, 4.69) is 22.9 Å². The standard InChI is InChI=1S/C12H19N3/c1-10-3-2-6-15(9-10)12-7-11(8-13)4-5-14-12/h4-5,7,10H,2-3,6,8-9,13H2,1H3/t10-/m0/s1. The first-order valence-electron chi connectivity index (χ1n) is 5.69. The summed E-state index contributed by atoms with van der Waals surface area (Å²) in [5, 5.41) is 0. The van der Waals surface area contributed by atoms with Gasteiger partial charge in [0.05, 0.1) is 0 Å². The van der Waals surface area contributed by atoms with Crippen molar-refractivity contribution in [2.45, 2.75) is 26.3 Å². The first kappa shape index (κ1) is 10.4. The van der Waals surface area contributed by atoms with Crippen LogP contribution in [0.1, 0.15) is 25.3 Å². The number of piperidine rings is 1. The van der Waals surface area contributed by atoms with Crippen LogP contribution in [0.4, 0.5) is 5.82 Å². The van der Waals surface area contributed by atoms with Crippen molar-refractivity contribution in [2.75, 3.05) is 18.0 Å². The molecule has 3 heteroatoms. The minimum atomic E-state index is 0.596. The Hall–Kier alpha value is -1.09. The van der Waals surface area contributed by atoms with Gasteiger partial charge in [-0.15, -0.1) is 0 Å². The molecule has 0 aromatic carbocycles. The molecule has 82 valence electrons. The Labute approximate surface area is 91.3 Å². The molecule has 2 heterocycles. The second-order valence-electron chi connectivity index (χ2n) is 4.42. The van der Waals surface area contributed by atoms with Gasteiger partial charge in [-0.3, -0.25) is 0 Å². The monoisotopic (exact) mass is 205 g/mol. The van der Waals surface area contributed by atoms with Gasteiger partial charge in [-0.25, -0.2) is 4.98 Å². The topological polar surface area (TPSA) is 42.1 Å². The molecule has 1 aliphatic rings. The van der Waals surface area contributed by atoms with Crippen LogP contribution < -0.4 is 10.6 Å². The van der Waals surface area contributed by atoms with Crippen molar-refractivity contribution in [3.63, 3.8) is 0 Å². The van der Waals surface area contributed by atoms with Crippen molar-refractivity contribution < 1.29 is 0 Å². The van der Waals surface area contributed by atoms with Crippen LogP contribution in [0.25, 0.3) is 0 Å². The Bertz CT molecular complexity index is 324. The number of anilines is 1. The third-order valence-electron chi connectivity index (χ3n) is 3.03. The number of nitrogens with two attached hydrogens (primary N) is 1. The van der Waals surface area contributed by atoms with Crippen LogP contribution in [0, 0.1) is 5.92 Å². The molecular formula is C12H19N3. The van der Waals surface area contributed by atoms with Crippen LogP contribution in [0.15, 0.2) is 18.3 Å². The van der Waals surface area contributed by atoms with Crippen LogP contribution in [0.3, 0.4) is 0 Å². The van der Waals surface area contributed by atoms with Gasteiger partial charge in [-0.2, -0.15) is 0 Å². The normalized spacial score (nSPS) is 21.7. The highest BCUT2D eigenvalue weighted by Crippen LogP contribution is 2.21. The van der Waals surface area contributed by atoms with Crippen molar-refractivity contribution in [3.8, 4) is 0 Å². The zero-order valence-corrected chi connectivity index (χ0v) is 9.32. The summed E-state index contributed by atoms with van der Waals surface area (Å²) >= 11 is 0. The fourth-order valence-electron chi connectivity index (χ4n) is 2.16. The van der Waals surface area contributed by atoms with Gasteiger partial charge in [0.15, 0.2) is 0 Å². The maximum Gasteiger partial charge on any atom is 0.128 e. The lowest BCUT2D eigenvalue weighted by molar-refractivity contribution is 0.444. The maximum atomic E-state index is 5.63. The van der Waals surface area contributed by atoms with E-state index in [0.29, 0.717) is 6.54 Å². The lowest BCUT2D eigenvalue weighted by Gasteiger charge is -2.32. The fourth-order valence-corrected chi connectivity index (χ4v) is 2.16. The first-order valence-corrected chi connectivity index (χ1v) is 5.69. The molecule has 0 amide bonds. The number of hydrogen-bond donors (Lipinski definition) is 1. The second-order valence-corrected chi connectivity index (χ2v) is 4.42. The molecule has 0 bridgehead atoms. The molecule has 15 heavy (non-hydrogen) atoms. The van der Waals surface area contributed by atoms with Gasteiger partial charge in [-0.05, 0) is 36.5 Å². The van der Waals surface area contributed by atoms with E-state index in [1.807, 2.05) is 12.3 Å². The summed E-state index contributed by atoms with van der Waals surface area (Å²) in [7, 11) is 0. The van der Waals surface area contributed by atoms with Crippen molar-refractivity contribution >= 4 is 5.82 Å². The molecule has 0 spiro atoms. The van der Waals surface area contributed by atoms with Gasteiger partial charge in [-0.1, -0.05) is 6.92 Å². The lowest BCUT2D eigenvalue weighted by atomic mass is 10.0. The molecule has 1 fully saturated rings. The van der Waals surface area contributed by atoms with E-state index in [0.717, 1.165) is 24.8 Å². The Morgan fingerprint density at radius 3 is 3.20 bits per heavy atom. The van der Waals surface area contributed by atoms with E-state index in [1.165, 1.54) is 18.4 Å². The van der Waals surface area contributed by atoms with Crippen molar-refractivity contribution in [3.05, 3.63) is 23.9 Å². The molecule has 1 atom stereocenters. The van der Waals surface area contributed by atoms with Gasteiger partial charge >= 0.3 is 0 Å².